The Morgan fingerprint density at radius 2 is 1.68 bits per heavy atom. The van der Waals surface area contributed by atoms with E-state index in [1.165, 1.54) is 6.42 Å². The van der Waals surface area contributed by atoms with Gasteiger partial charge in [0.1, 0.15) is 0 Å². The zero-order chi connectivity index (χ0) is 17.6. The van der Waals surface area contributed by atoms with Crippen molar-refractivity contribution in [3.8, 4) is 0 Å². The maximum absolute atomic E-state index is 12.3. The van der Waals surface area contributed by atoms with Gasteiger partial charge >= 0.3 is 0 Å². The van der Waals surface area contributed by atoms with Gasteiger partial charge in [0, 0.05) is 33.2 Å². The number of carbonyl (C=O) groups is 1. The van der Waals surface area contributed by atoms with Crippen molar-refractivity contribution in [3.63, 3.8) is 0 Å². The molecular formula is C18H35IN4O2. The quantitative estimate of drug-likeness (QED) is 0.395. The fraction of sp³-hybridized carbons (Fsp3) is 0.889. The molecule has 0 atom stereocenters. The molecule has 2 saturated heterocycles. The highest BCUT2D eigenvalue weighted by atomic mass is 127. The molecule has 6 nitrogen and oxygen atoms in total. The fourth-order valence-electron chi connectivity index (χ4n) is 3.43. The minimum absolute atomic E-state index is 0. The number of ether oxygens (including phenoxy) is 1. The Balaban J connectivity index is 0.00000312. The van der Waals surface area contributed by atoms with Gasteiger partial charge in [0.15, 0.2) is 5.96 Å². The Kier molecular flexibility index (Phi) is 9.48. The monoisotopic (exact) mass is 466 g/mol. The van der Waals surface area contributed by atoms with Gasteiger partial charge in [-0.05, 0) is 52.9 Å². The molecule has 0 radical (unpaired) electrons. The van der Waals surface area contributed by atoms with Gasteiger partial charge in [0.25, 0.3) is 0 Å². The van der Waals surface area contributed by atoms with Crippen molar-refractivity contribution in [2.24, 2.45) is 4.99 Å². The zero-order valence-electron chi connectivity index (χ0n) is 16.2. The van der Waals surface area contributed by atoms with Crippen molar-refractivity contribution in [1.29, 1.82) is 0 Å². The van der Waals surface area contributed by atoms with Crippen LogP contribution in [0, 0.1) is 0 Å². The van der Waals surface area contributed by atoms with Crippen molar-refractivity contribution in [1.82, 2.24) is 15.1 Å². The van der Waals surface area contributed by atoms with Crippen molar-refractivity contribution in [2.45, 2.75) is 64.6 Å². The van der Waals surface area contributed by atoms with Gasteiger partial charge in [0.05, 0.1) is 18.2 Å². The number of nitrogens with zero attached hydrogens (tertiary/aromatic N) is 3. The van der Waals surface area contributed by atoms with Gasteiger partial charge in [-0.25, -0.2) is 0 Å². The first-order valence-electron chi connectivity index (χ1n) is 9.30. The molecule has 1 N–H and O–H groups in total. The standard InChI is InChI=1S/C18H34N4O2.HI/c1-18(2,3)24-15-8-12-22(13-9-15)17(19-4)20-14-16(23)21-10-6-5-7-11-21;/h15H,5-14H2,1-4H3,(H,19,20);1H. The summed E-state index contributed by atoms with van der Waals surface area (Å²) in [7, 11) is 1.78. The molecule has 0 aromatic carbocycles. The van der Waals surface area contributed by atoms with Crippen LogP contribution in [0.1, 0.15) is 52.9 Å². The van der Waals surface area contributed by atoms with E-state index in [9.17, 15) is 4.79 Å². The van der Waals surface area contributed by atoms with Crippen LogP contribution in [-0.4, -0.2) is 73.1 Å². The minimum Gasteiger partial charge on any atom is -0.372 e. The maximum atomic E-state index is 12.3. The van der Waals surface area contributed by atoms with Crippen LogP contribution in [-0.2, 0) is 9.53 Å². The molecule has 7 heteroatoms. The smallest absolute Gasteiger partial charge is 0.241 e. The second-order valence-electron chi connectivity index (χ2n) is 7.76. The molecule has 0 bridgehead atoms. The highest BCUT2D eigenvalue weighted by molar-refractivity contribution is 14.0. The van der Waals surface area contributed by atoms with Gasteiger partial charge < -0.3 is 19.9 Å². The lowest BCUT2D eigenvalue weighted by Crippen LogP contribution is -2.50. The van der Waals surface area contributed by atoms with Crippen LogP contribution in [0.3, 0.4) is 0 Å². The topological polar surface area (TPSA) is 57.2 Å². The number of hydrogen-bond acceptors (Lipinski definition) is 3. The molecule has 25 heavy (non-hydrogen) atoms. The molecule has 2 aliphatic heterocycles. The van der Waals surface area contributed by atoms with E-state index >= 15 is 0 Å². The molecule has 0 aromatic heterocycles. The van der Waals surface area contributed by atoms with Gasteiger partial charge in [0.2, 0.25) is 5.91 Å². The summed E-state index contributed by atoms with van der Waals surface area (Å²) < 4.78 is 6.07. The van der Waals surface area contributed by atoms with Gasteiger partial charge in [-0.1, -0.05) is 0 Å². The Bertz CT molecular complexity index is 437. The molecular weight excluding hydrogens is 431 g/mol. The van der Waals surface area contributed by atoms with Crippen LogP contribution in [0.4, 0.5) is 0 Å². The van der Waals surface area contributed by atoms with Crippen molar-refractivity contribution < 1.29 is 9.53 Å². The third-order valence-corrected chi connectivity index (χ3v) is 4.58. The average Bonchev–Trinajstić information content (AvgIpc) is 2.56. The second-order valence-corrected chi connectivity index (χ2v) is 7.76. The number of halogens is 1. The third-order valence-electron chi connectivity index (χ3n) is 4.58. The van der Waals surface area contributed by atoms with Crippen LogP contribution in [0.5, 0.6) is 0 Å². The lowest BCUT2D eigenvalue weighted by Gasteiger charge is -2.37. The number of carbonyl (C=O) groups excluding carboxylic acids is 1. The number of amides is 1. The van der Waals surface area contributed by atoms with Crippen LogP contribution in [0.25, 0.3) is 0 Å². The summed E-state index contributed by atoms with van der Waals surface area (Å²) in [5.41, 5.74) is -0.0897. The lowest BCUT2D eigenvalue weighted by molar-refractivity contribution is -0.130. The minimum atomic E-state index is -0.0897. The molecule has 0 unspecified atom stereocenters. The van der Waals surface area contributed by atoms with E-state index in [-0.39, 0.29) is 35.5 Å². The molecule has 2 heterocycles. The van der Waals surface area contributed by atoms with Gasteiger partial charge in [-0.15, -0.1) is 24.0 Å². The predicted octanol–water partition coefficient (Wildman–Crippen LogP) is 2.47. The predicted molar refractivity (Wildman–Crippen MR) is 113 cm³/mol. The van der Waals surface area contributed by atoms with Crippen LogP contribution in [0.15, 0.2) is 4.99 Å². The molecule has 2 aliphatic rings. The van der Waals surface area contributed by atoms with E-state index in [1.807, 2.05) is 4.90 Å². The third kappa shape index (κ3) is 7.68. The Hall–Kier alpha value is -0.570. The molecule has 0 spiro atoms. The first kappa shape index (κ1) is 22.5. The normalized spacial score (nSPS) is 20.2. The molecule has 1 amide bonds. The number of aliphatic imine (C=N–C) groups is 1. The average molecular weight is 466 g/mol. The maximum Gasteiger partial charge on any atom is 0.241 e. The van der Waals surface area contributed by atoms with E-state index in [1.54, 1.807) is 7.05 Å². The first-order chi connectivity index (χ1) is 11.4. The summed E-state index contributed by atoms with van der Waals surface area (Å²) in [5, 5.41) is 3.24. The number of guanidine groups is 1. The molecule has 0 aromatic rings. The van der Waals surface area contributed by atoms with Crippen LogP contribution >= 0.6 is 24.0 Å². The van der Waals surface area contributed by atoms with E-state index in [0.717, 1.165) is 57.8 Å². The number of piperidine rings is 2. The number of hydrogen-bond donors (Lipinski definition) is 1. The second kappa shape index (κ2) is 10.5. The molecule has 2 fully saturated rings. The van der Waals surface area contributed by atoms with Crippen LogP contribution in [0.2, 0.25) is 0 Å². The highest BCUT2D eigenvalue weighted by Crippen LogP contribution is 2.20. The van der Waals surface area contributed by atoms with E-state index in [2.05, 4.69) is 36.0 Å². The summed E-state index contributed by atoms with van der Waals surface area (Å²) in [4.78, 5) is 20.8. The van der Waals surface area contributed by atoms with Crippen molar-refractivity contribution in [2.75, 3.05) is 39.8 Å². The molecule has 0 saturated carbocycles. The van der Waals surface area contributed by atoms with Gasteiger partial charge in [-0.3, -0.25) is 9.79 Å². The Labute approximate surface area is 169 Å². The summed E-state index contributed by atoms with van der Waals surface area (Å²) >= 11 is 0. The Morgan fingerprint density at radius 1 is 1.08 bits per heavy atom. The zero-order valence-corrected chi connectivity index (χ0v) is 18.5. The van der Waals surface area contributed by atoms with Crippen molar-refractivity contribution in [3.05, 3.63) is 0 Å². The van der Waals surface area contributed by atoms with E-state index < -0.39 is 0 Å². The number of rotatable bonds is 3. The lowest BCUT2D eigenvalue weighted by atomic mass is 10.1. The van der Waals surface area contributed by atoms with E-state index in [0.29, 0.717) is 12.6 Å². The first-order valence-corrected chi connectivity index (χ1v) is 9.30. The molecule has 0 aliphatic carbocycles. The number of nitrogens with one attached hydrogen (secondary N) is 1. The largest absolute Gasteiger partial charge is 0.372 e. The summed E-state index contributed by atoms with van der Waals surface area (Å²) in [6, 6.07) is 0. The fourth-order valence-corrected chi connectivity index (χ4v) is 3.43. The highest BCUT2D eigenvalue weighted by Gasteiger charge is 2.26. The SMILES string of the molecule is CN=C(NCC(=O)N1CCCCC1)N1CCC(OC(C)(C)C)CC1.I. The number of likely N-dealkylation sites (tertiary alicyclic amines) is 2. The summed E-state index contributed by atoms with van der Waals surface area (Å²) in [6.45, 7) is 10.3. The summed E-state index contributed by atoms with van der Waals surface area (Å²) in [5.74, 6) is 1.01. The van der Waals surface area contributed by atoms with Crippen LogP contribution < -0.4 is 5.32 Å². The van der Waals surface area contributed by atoms with Gasteiger partial charge in [-0.2, -0.15) is 0 Å². The molecule has 2 rings (SSSR count). The molecule has 146 valence electrons. The summed E-state index contributed by atoms with van der Waals surface area (Å²) in [6.07, 6.45) is 5.80. The Morgan fingerprint density at radius 3 is 2.20 bits per heavy atom. The van der Waals surface area contributed by atoms with Crippen molar-refractivity contribution >= 4 is 35.8 Å². The van der Waals surface area contributed by atoms with E-state index in [4.69, 9.17) is 4.74 Å².